The van der Waals surface area contributed by atoms with Gasteiger partial charge in [-0.25, -0.2) is 9.59 Å². The number of anilines is 2. The van der Waals surface area contributed by atoms with Gasteiger partial charge in [-0.2, -0.15) is 0 Å². The molecular formula is C29H22N2O7. The largest absolute Gasteiger partial charge is 0.508 e. The van der Waals surface area contributed by atoms with E-state index in [-0.39, 0.29) is 28.0 Å². The summed E-state index contributed by atoms with van der Waals surface area (Å²) in [5.41, 5.74) is 2.53. The van der Waals surface area contributed by atoms with E-state index in [9.17, 15) is 34.5 Å². The predicted octanol–water partition coefficient (Wildman–Crippen LogP) is 4.88. The maximum atomic E-state index is 12.6. The highest BCUT2D eigenvalue weighted by atomic mass is 16.4. The maximum Gasteiger partial charge on any atom is 0.336 e. The Morgan fingerprint density at radius 1 is 0.553 bits per heavy atom. The van der Waals surface area contributed by atoms with E-state index in [0.29, 0.717) is 17.8 Å². The van der Waals surface area contributed by atoms with Crippen LogP contribution in [0.25, 0.3) is 0 Å². The van der Waals surface area contributed by atoms with E-state index in [1.54, 1.807) is 36.4 Å². The molecule has 4 rings (SSSR count). The van der Waals surface area contributed by atoms with Crippen molar-refractivity contribution in [1.82, 2.24) is 0 Å². The first-order valence-electron chi connectivity index (χ1n) is 11.4. The topological polar surface area (TPSA) is 153 Å². The Hall–Kier alpha value is -5.44. The van der Waals surface area contributed by atoms with Gasteiger partial charge >= 0.3 is 11.9 Å². The summed E-state index contributed by atoms with van der Waals surface area (Å²) in [5.74, 6) is -3.88. The summed E-state index contributed by atoms with van der Waals surface area (Å²) >= 11 is 0. The van der Waals surface area contributed by atoms with Gasteiger partial charge in [0.1, 0.15) is 5.75 Å². The molecule has 9 nitrogen and oxygen atoms in total. The van der Waals surface area contributed by atoms with Crippen LogP contribution in [0.5, 0.6) is 5.75 Å². The fourth-order valence-corrected chi connectivity index (χ4v) is 3.82. The number of carbonyl (C=O) groups is 4. The molecule has 0 aliphatic heterocycles. The Kier molecular flexibility index (Phi) is 7.48. The summed E-state index contributed by atoms with van der Waals surface area (Å²) < 4.78 is 0. The number of aromatic carboxylic acids is 2. The second-order valence-electron chi connectivity index (χ2n) is 8.36. The van der Waals surface area contributed by atoms with Crippen molar-refractivity contribution in [2.45, 2.75) is 6.42 Å². The lowest BCUT2D eigenvalue weighted by Crippen LogP contribution is -2.16. The lowest BCUT2D eigenvalue weighted by atomic mass is 10.0. The predicted molar refractivity (Wildman–Crippen MR) is 140 cm³/mol. The molecule has 0 fully saturated rings. The molecule has 9 heteroatoms. The number of phenols is 1. The van der Waals surface area contributed by atoms with Crippen molar-refractivity contribution in [3.05, 3.63) is 124 Å². The van der Waals surface area contributed by atoms with Crippen LogP contribution in [0, 0.1) is 0 Å². The second kappa shape index (κ2) is 11.1. The number of carboxylic acid groups (broad SMARTS) is 2. The average Bonchev–Trinajstić information content (AvgIpc) is 2.90. The van der Waals surface area contributed by atoms with E-state index in [2.05, 4.69) is 10.6 Å². The van der Waals surface area contributed by atoms with Crippen molar-refractivity contribution < 1.29 is 34.5 Å². The van der Waals surface area contributed by atoms with Gasteiger partial charge in [-0.1, -0.05) is 36.4 Å². The summed E-state index contributed by atoms with van der Waals surface area (Å²) in [4.78, 5) is 47.8. The fourth-order valence-electron chi connectivity index (χ4n) is 3.82. The highest BCUT2D eigenvalue weighted by molar-refractivity contribution is 6.11. The molecule has 0 aliphatic carbocycles. The zero-order chi connectivity index (χ0) is 27.2. The van der Waals surface area contributed by atoms with Gasteiger partial charge < -0.3 is 26.0 Å². The molecule has 2 amide bonds. The van der Waals surface area contributed by atoms with E-state index in [0.717, 1.165) is 17.2 Å². The SMILES string of the molecule is O=C(O)c1ccccc1C(=O)Nc1ccc(Cc2ccc(NC(=O)c3ccc(O)cc3C(=O)O)cc2)cc1. The van der Waals surface area contributed by atoms with Gasteiger partial charge in [0.2, 0.25) is 0 Å². The van der Waals surface area contributed by atoms with E-state index >= 15 is 0 Å². The third kappa shape index (κ3) is 6.03. The molecule has 0 atom stereocenters. The number of benzene rings is 4. The Balaban J connectivity index is 1.38. The Labute approximate surface area is 217 Å². The minimum atomic E-state index is -1.32. The van der Waals surface area contributed by atoms with Crippen LogP contribution in [0.15, 0.2) is 91.0 Å². The van der Waals surface area contributed by atoms with Gasteiger partial charge in [-0.05, 0) is 72.1 Å². The van der Waals surface area contributed by atoms with Crippen LogP contribution in [-0.4, -0.2) is 39.1 Å². The van der Waals surface area contributed by atoms with Gasteiger partial charge in [0, 0.05) is 11.4 Å². The summed E-state index contributed by atoms with van der Waals surface area (Å²) in [6.45, 7) is 0. The van der Waals surface area contributed by atoms with Crippen molar-refractivity contribution in [3.63, 3.8) is 0 Å². The molecule has 0 bridgehead atoms. The maximum absolute atomic E-state index is 12.6. The van der Waals surface area contributed by atoms with Gasteiger partial charge in [-0.15, -0.1) is 0 Å². The number of carbonyl (C=O) groups excluding carboxylic acids is 2. The third-order valence-electron chi connectivity index (χ3n) is 5.71. The summed E-state index contributed by atoms with van der Waals surface area (Å²) in [5, 5.41) is 33.4. The number of hydrogen-bond acceptors (Lipinski definition) is 5. The van der Waals surface area contributed by atoms with Crippen molar-refractivity contribution in [2.24, 2.45) is 0 Å². The molecule has 0 saturated heterocycles. The van der Waals surface area contributed by atoms with Crippen molar-refractivity contribution in [1.29, 1.82) is 0 Å². The lowest BCUT2D eigenvalue weighted by molar-refractivity contribution is 0.0683. The molecule has 190 valence electrons. The van der Waals surface area contributed by atoms with E-state index in [1.807, 2.05) is 24.3 Å². The highest BCUT2D eigenvalue weighted by Gasteiger charge is 2.18. The van der Waals surface area contributed by atoms with E-state index in [1.165, 1.54) is 24.3 Å². The first kappa shape index (κ1) is 25.6. The van der Waals surface area contributed by atoms with Crippen molar-refractivity contribution >= 4 is 35.1 Å². The molecular weight excluding hydrogens is 488 g/mol. The van der Waals surface area contributed by atoms with Crippen LogP contribution >= 0.6 is 0 Å². The molecule has 38 heavy (non-hydrogen) atoms. The zero-order valence-electron chi connectivity index (χ0n) is 19.8. The third-order valence-corrected chi connectivity index (χ3v) is 5.71. The monoisotopic (exact) mass is 510 g/mol. The van der Waals surface area contributed by atoms with Gasteiger partial charge in [0.05, 0.1) is 22.3 Å². The molecule has 0 heterocycles. The highest BCUT2D eigenvalue weighted by Crippen LogP contribution is 2.20. The first-order valence-corrected chi connectivity index (χ1v) is 11.4. The van der Waals surface area contributed by atoms with Crippen LogP contribution in [0.4, 0.5) is 11.4 Å². The minimum Gasteiger partial charge on any atom is -0.508 e. The van der Waals surface area contributed by atoms with Crippen LogP contribution in [-0.2, 0) is 6.42 Å². The summed E-state index contributed by atoms with van der Waals surface area (Å²) in [6.07, 6.45) is 0.575. The molecule has 4 aromatic rings. The van der Waals surface area contributed by atoms with Crippen LogP contribution in [0.2, 0.25) is 0 Å². The summed E-state index contributed by atoms with van der Waals surface area (Å²) in [7, 11) is 0. The fraction of sp³-hybridized carbons (Fsp3) is 0.0345. The van der Waals surface area contributed by atoms with Gasteiger partial charge in [0.15, 0.2) is 0 Å². The second-order valence-corrected chi connectivity index (χ2v) is 8.36. The molecule has 5 N–H and O–H groups in total. The standard InChI is InChI=1S/C29H22N2O7/c32-21-13-14-23(25(16-21)29(37)38)27(34)31-20-11-7-18(8-12-20)15-17-5-9-19(10-6-17)30-26(33)22-3-1-2-4-24(22)28(35)36/h1-14,16,32H,15H2,(H,30,33)(H,31,34)(H,35,36)(H,37,38). The summed E-state index contributed by atoms with van der Waals surface area (Å²) in [6, 6.07) is 23.7. The molecule has 0 aromatic heterocycles. The average molecular weight is 511 g/mol. The van der Waals surface area contributed by atoms with Crippen LogP contribution in [0.3, 0.4) is 0 Å². The number of phenolic OH excluding ortho intramolecular Hbond substituents is 1. The van der Waals surface area contributed by atoms with Gasteiger partial charge in [0.25, 0.3) is 11.8 Å². The zero-order valence-corrected chi connectivity index (χ0v) is 19.8. The van der Waals surface area contributed by atoms with Crippen LogP contribution in [0.1, 0.15) is 52.6 Å². The molecule has 0 spiro atoms. The number of amides is 2. The lowest BCUT2D eigenvalue weighted by Gasteiger charge is -2.10. The first-order chi connectivity index (χ1) is 18.2. The smallest absolute Gasteiger partial charge is 0.336 e. The molecule has 0 saturated carbocycles. The Bertz CT molecular complexity index is 1530. The van der Waals surface area contributed by atoms with E-state index < -0.39 is 23.8 Å². The normalized spacial score (nSPS) is 10.4. The molecule has 0 radical (unpaired) electrons. The number of nitrogens with one attached hydrogen (secondary N) is 2. The number of aromatic hydroxyl groups is 1. The Morgan fingerprint density at radius 3 is 1.47 bits per heavy atom. The van der Waals surface area contributed by atoms with Crippen molar-refractivity contribution in [2.75, 3.05) is 10.6 Å². The van der Waals surface area contributed by atoms with E-state index in [4.69, 9.17) is 0 Å². The number of carboxylic acids is 2. The van der Waals surface area contributed by atoms with Crippen molar-refractivity contribution in [3.8, 4) is 5.75 Å². The van der Waals surface area contributed by atoms with Crippen LogP contribution < -0.4 is 10.6 Å². The number of rotatable bonds is 8. The number of hydrogen-bond donors (Lipinski definition) is 5. The molecule has 0 aliphatic rings. The van der Waals surface area contributed by atoms with Gasteiger partial charge in [-0.3, -0.25) is 9.59 Å². The molecule has 4 aromatic carbocycles. The quantitative estimate of drug-likeness (QED) is 0.226. The Morgan fingerprint density at radius 2 is 1.00 bits per heavy atom. The minimum absolute atomic E-state index is 0.0702. The molecule has 0 unspecified atom stereocenters.